The van der Waals surface area contributed by atoms with E-state index >= 15 is 0 Å². The zero-order chi connectivity index (χ0) is 18.8. The molecular weight excluding hydrogens is 336 g/mol. The van der Waals surface area contributed by atoms with Crippen molar-refractivity contribution in [1.29, 1.82) is 0 Å². The van der Waals surface area contributed by atoms with Crippen LogP contribution in [0.25, 0.3) is 0 Å². The molecule has 4 nitrogen and oxygen atoms in total. The topological polar surface area (TPSA) is 55.2 Å². The number of nitro groups is 1. The van der Waals surface area contributed by atoms with E-state index in [-0.39, 0.29) is 10.6 Å². The lowest BCUT2D eigenvalue weighted by atomic mass is 9.79. The van der Waals surface area contributed by atoms with Crippen LogP contribution in [0.1, 0.15) is 56.9 Å². The van der Waals surface area contributed by atoms with Crippen LogP contribution in [0.2, 0.25) is 0 Å². The largest absolute Gasteiger partial charge is 0.307 e. The fourth-order valence-corrected chi connectivity index (χ4v) is 4.97. The average Bonchev–Trinajstić information content (AvgIpc) is 3.16. The van der Waals surface area contributed by atoms with Gasteiger partial charge in [-0.1, -0.05) is 36.4 Å². The van der Waals surface area contributed by atoms with Gasteiger partial charge in [-0.2, -0.15) is 0 Å². The Kier molecular flexibility index (Phi) is 5.26. The summed E-state index contributed by atoms with van der Waals surface area (Å²) in [5.41, 5.74) is 4.40. The summed E-state index contributed by atoms with van der Waals surface area (Å²) in [6.45, 7) is 2.29. The summed E-state index contributed by atoms with van der Waals surface area (Å²) in [6.07, 6.45) is 16.4. The zero-order valence-corrected chi connectivity index (χ0v) is 15.9. The van der Waals surface area contributed by atoms with Gasteiger partial charge >= 0.3 is 0 Å². The monoisotopic (exact) mass is 364 g/mol. The molecule has 0 spiro atoms. The van der Waals surface area contributed by atoms with Gasteiger partial charge in [0.15, 0.2) is 0 Å². The van der Waals surface area contributed by atoms with Gasteiger partial charge in [-0.05, 0) is 74.0 Å². The quantitative estimate of drug-likeness (QED) is 0.560. The minimum atomic E-state index is -0.329. The molecule has 4 rings (SSSR count). The smallest absolute Gasteiger partial charge is 0.269 e. The van der Waals surface area contributed by atoms with Crippen molar-refractivity contribution < 1.29 is 4.92 Å². The third-order valence-electron chi connectivity index (χ3n) is 6.43. The summed E-state index contributed by atoms with van der Waals surface area (Å²) < 4.78 is 0. The van der Waals surface area contributed by atoms with Gasteiger partial charge in [0.2, 0.25) is 0 Å². The average molecular weight is 364 g/mol. The molecule has 0 amide bonds. The maximum atomic E-state index is 10.8. The summed E-state index contributed by atoms with van der Waals surface area (Å²) in [4.78, 5) is 10.5. The van der Waals surface area contributed by atoms with E-state index in [2.05, 4.69) is 36.5 Å². The van der Waals surface area contributed by atoms with Crippen LogP contribution in [0.15, 0.2) is 59.7 Å². The molecule has 0 aromatic heterocycles. The Morgan fingerprint density at radius 2 is 1.89 bits per heavy atom. The van der Waals surface area contributed by atoms with E-state index in [0.717, 1.165) is 19.3 Å². The molecule has 0 saturated heterocycles. The van der Waals surface area contributed by atoms with E-state index in [0.29, 0.717) is 23.9 Å². The Bertz CT molecular complexity index is 791. The number of hydrogen-bond donors (Lipinski definition) is 1. The van der Waals surface area contributed by atoms with Gasteiger partial charge in [0.25, 0.3) is 5.69 Å². The van der Waals surface area contributed by atoms with Crippen molar-refractivity contribution in [2.45, 2.75) is 63.5 Å². The standard InChI is InChI=1S/C23H28N2O2/c1-16(22-8-4-6-18-5-2-3-7-23(18)22)24-20-12-9-19(15-20)17-10-13-21(14-11-17)25(26)27/h3-4,7-8,10-11,13-14,16,18-20,24H,2,5-6,9,12,15H2,1H3/t16-,18?,19-,20+/m1/s1. The molecule has 0 aliphatic heterocycles. The number of hydrogen-bond acceptors (Lipinski definition) is 3. The third kappa shape index (κ3) is 3.91. The first-order chi connectivity index (χ1) is 13.1. The minimum Gasteiger partial charge on any atom is -0.307 e. The summed E-state index contributed by atoms with van der Waals surface area (Å²) >= 11 is 0. The lowest BCUT2D eigenvalue weighted by Gasteiger charge is -2.30. The van der Waals surface area contributed by atoms with Crippen LogP contribution in [0.4, 0.5) is 5.69 Å². The first-order valence-corrected chi connectivity index (χ1v) is 10.2. The highest BCUT2D eigenvalue weighted by Gasteiger charge is 2.29. The van der Waals surface area contributed by atoms with Crippen molar-refractivity contribution >= 4 is 5.69 Å². The predicted octanol–water partition coefficient (Wildman–Crippen LogP) is 5.43. The normalized spacial score (nSPS) is 28.3. The van der Waals surface area contributed by atoms with Gasteiger partial charge < -0.3 is 5.32 Å². The SMILES string of the molecule is C[C@@H](N[C@H]1CC[C@@H](c2ccc([N+](=O)[O-])cc2)C1)C1=C2C=CCCC2CC=C1. The second-order valence-electron chi connectivity index (χ2n) is 8.17. The Labute approximate surface area is 161 Å². The molecule has 1 aromatic carbocycles. The van der Waals surface area contributed by atoms with Crippen molar-refractivity contribution in [2.24, 2.45) is 5.92 Å². The molecule has 1 fully saturated rings. The number of non-ortho nitro benzene ring substituents is 1. The van der Waals surface area contributed by atoms with E-state index in [9.17, 15) is 10.1 Å². The fourth-order valence-electron chi connectivity index (χ4n) is 4.97. The number of allylic oxidation sites excluding steroid dienone is 4. The van der Waals surface area contributed by atoms with Crippen LogP contribution in [0, 0.1) is 16.0 Å². The Hall–Kier alpha value is -2.20. The van der Waals surface area contributed by atoms with Gasteiger partial charge in [-0.15, -0.1) is 0 Å². The molecule has 0 radical (unpaired) electrons. The second-order valence-corrected chi connectivity index (χ2v) is 8.17. The van der Waals surface area contributed by atoms with Gasteiger partial charge in [0.05, 0.1) is 4.92 Å². The Morgan fingerprint density at radius 3 is 2.67 bits per heavy atom. The van der Waals surface area contributed by atoms with Crippen LogP contribution in [0.5, 0.6) is 0 Å². The first-order valence-electron chi connectivity index (χ1n) is 10.2. The highest BCUT2D eigenvalue weighted by molar-refractivity contribution is 5.42. The molecule has 142 valence electrons. The van der Waals surface area contributed by atoms with Crippen LogP contribution in [-0.2, 0) is 0 Å². The zero-order valence-electron chi connectivity index (χ0n) is 15.9. The van der Waals surface area contributed by atoms with Crippen LogP contribution in [0.3, 0.4) is 0 Å². The van der Waals surface area contributed by atoms with Crippen molar-refractivity contribution in [3.05, 3.63) is 75.4 Å². The molecular formula is C23H28N2O2. The Morgan fingerprint density at radius 1 is 1.07 bits per heavy atom. The molecule has 4 heteroatoms. The highest BCUT2D eigenvalue weighted by Crippen LogP contribution is 2.37. The maximum Gasteiger partial charge on any atom is 0.269 e. The molecule has 1 N–H and O–H groups in total. The summed E-state index contributed by atoms with van der Waals surface area (Å²) in [7, 11) is 0. The van der Waals surface area contributed by atoms with Gasteiger partial charge in [0.1, 0.15) is 0 Å². The van der Waals surface area contributed by atoms with Crippen LogP contribution in [-0.4, -0.2) is 17.0 Å². The second kappa shape index (κ2) is 7.81. The number of nitro benzene ring substituents is 1. The summed E-state index contributed by atoms with van der Waals surface area (Å²) in [5, 5.41) is 14.7. The molecule has 1 saturated carbocycles. The highest BCUT2D eigenvalue weighted by atomic mass is 16.6. The molecule has 1 unspecified atom stereocenters. The molecule has 3 aliphatic carbocycles. The van der Waals surface area contributed by atoms with Crippen molar-refractivity contribution in [3.8, 4) is 0 Å². The molecule has 3 aliphatic rings. The minimum absolute atomic E-state index is 0.174. The lowest BCUT2D eigenvalue weighted by molar-refractivity contribution is -0.384. The number of benzene rings is 1. The van der Waals surface area contributed by atoms with Crippen LogP contribution >= 0.6 is 0 Å². The Balaban J connectivity index is 1.40. The van der Waals surface area contributed by atoms with Gasteiger partial charge in [-0.25, -0.2) is 0 Å². The summed E-state index contributed by atoms with van der Waals surface area (Å²) in [5.74, 6) is 1.20. The number of fused-ring (bicyclic) bond motifs is 1. The maximum absolute atomic E-state index is 10.8. The number of rotatable bonds is 5. The van der Waals surface area contributed by atoms with E-state index in [1.165, 1.54) is 36.0 Å². The van der Waals surface area contributed by atoms with Gasteiger partial charge in [-0.3, -0.25) is 10.1 Å². The van der Waals surface area contributed by atoms with Crippen LogP contribution < -0.4 is 5.32 Å². The molecule has 1 aromatic rings. The van der Waals surface area contributed by atoms with Crippen molar-refractivity contribution in [1.82, 2.24) is 5.32 Å². The van der Waals surface area contributed by atoms with Gasteiger partial charge in [0, 0.05) is 24.2 Å². The molecule has 0 heterocycles. The third-order valence-corrected chi connectivity index (χ3v) is 6.43. The number of nitrogens with one attached hydrogen (secondary N) is 1. The van der Waals surface area contributed by atoms with Crippen molar-refractivity contribution in [3.63, 3.8) is 0 Å². The number of nitrogens with zero attached hydrogens (tertiary/aromatic N) is 1. The molecule has 27 heavy (non-hydrogen) atoms. The lowest BCUT2D eigenvalue weighted by Crippen LogP contribution is -2.37. The van der Waals surface area contributed by atoms with E-state index in [1.54, 1.807) is 12.1 Å². The molecule has 4 atom stereocenters. The van der Waals surface area contributed by atoms with E-state index in [4.69, 9.17) is 0 Å². The predicted molar refractivity (Wildman–Crippen MR) is 109 cm³/mol. The summed E-state index contributed by atoms with van der Waals surface area (Å²) in [6, 6.07) is 8.00. The van der Waals surface area contributed by atoms with Crippen molar-refractivity contribution in [2.75, 3.05) is 0 Å². The van der Waals surface area contributed by atoms with E-state index < -0.39 is 0 Å². The first kappa shape index (κ1) is 18.2. The fraction of sp³-hybridized carbons (Fsp3) is 0.478. The molecule has 0 bridgehead atoms. The van der Waals surface area contributed by atoms with E-state index in [1.807, 2.05) is 12.1 Å².